The van der Waals surface area contributed by atoms with Crippen molar-refractivity contribution in [1.82, 2.24) is 5.32 Å². The van der Waals surface area contributed by atoms with Crippen LogP contribution < -0.4 is 5.32 Å². The summed E-state index contributed by atoms with van der Waals surface area (Å²) in [5, 5.41) is 2.90. The van der Waals surface area contributed by atoms with E-state index in [1.807, 2.05) is 0 Å². The van der Waals surface area contributed by atoms with Crippen LogP contribution in [0.15, 0.2) is 0 Å². The Hall–Kier alpha value is -0.170. The monoisotopic (exact) mass is 225 g/mol. The van der Waals surface area contributed by atoms with Crippen LogP contribution in [0.2, 0.25) is 0 Å². The van der Waals surface area contributed by atoms with E-state index in [1.165, 1.54) is 0 Å². The molecule has 1 atom stereocenters. The van der Waals surface area contributed by atoms with Crippen LogP contribution in [0, 0.1) is 0 Å². The predicted molar refractivity (Wildman–Crippen MR) is 54.2 cm³/mol. The van der Waals surface area contributed by atoms with Crippen molar-refractivity contribution in [2.45, 2.75) is 45.8 Å². The Morgan fingerprint density at radius 1 is 1.36 bits per heavy atom. The van der Waals surface area contributed by atoms with Gasteiger partial charge in [0, 0.05) is 0 Å². The van der Waals surface area contributed by atoms with Crippen LogP contribution in [0.5, 0.6) is 0 Å². The summed E-state index contributed by atoms with van der Waals surface area (Å²) in [6.07, 6.45) is 3.04. The lowest BCUT2D eigenvalue weighted by Crippen LogP contribution is -2.33. The van der Waals surface area contributed by atoms with Crippen molar-refractivity contribution in [2.24, 2.45) is 0 Å². The van der Waals surface area contributed by atoms with Gasteiger partial charge in [0.1, 0.15) is 6.23 Å². The maximum Gasteiger partial charge on any atom is 0.398 e. The summed E-state index contributed by atoms with van der Waals surface area (Å²) in [5.41, 5.74) is 0. The van der Waals surface area contributed by atoms with Crippen molar-refractivity contribution in [2.75, 3.05) is 6.54 Å². The molecule has 2 N–H and O–H groups in total. The quantitative estimate of drug-likeness (QED) is 0.370. The number of rotatable bonds is 8. The molecule has 14 heavy (non-hydrogen) atoms. The summed E-state index contributed by atoms with van der Waals surface area (Å²) < 4.78 is 33.6. The van der Waals surface area contributed by atoms with E-state index in [-0.39, 0.29) is 0 Å². The van der Waals surface area contributed by atoms with Crippen LogP contribution in [0.25, 0.3) is 0 Å². The average molecular weight is 225 g/mol. The highest BCUT2D eigenvalue weighted by Gasteiger charge is 2.13. The Bertz CT molecular complexity index is 227. The molecule has 86 valence electrons. The summed E-state index contributed by atoms with van der Waals surface area (Å²) >= 11 is 0. The molecule has 5 nitrogen and oxygen atoms in total. The van der Waals surface area contributed by atoms with E-state index in [2.05, 4.69) is 16.4 Å². The third kappa shape index (κ3) is 8.43. The van der Waals surface area contributed by atoms with Gasteiger partial charge < -0.3 is 0 Å². The highest BCUT2D eigenvalue weighted by Crippen LogP contribution is 2.00. The summed E-state index contributed by atoms with van der Waals surface area (Å²) in [4.78, 5) is 0. The van der Waals surface area contributed by atoms with Gasteiger partial charge in [-0.15, -0.1) is 0 Å². The van der Waals surface area contributed by atoms with E-state index in [9.17, 15) is 8.42 Å². The zero-order valence-electron chi connectivity index (χ0n) is 8.69. The van der Waals surface area contributed by atoms with Gasteiger partial charge in [-0.05, 0) is 19.4 Å². The number of unbranched alkanes of at least 4 members (excludes halogenated alkanes) is 2. The number of hydrogen-bond donors (Lipinski definition) is 2. The van der Waals surface area contributed by atoms with E-state index in [0.717, 1.165) is 19.3 Å². The van der Waals surface area contributed by atoms with Gasteiger partial charge in [-0.25, -0.2) is 4.18 Å². The van der Waals surface area contributed by atoms with Crippen molar-refractivity contribution in [3.05, 3.63) is 0 Å². The average Bonchev–Trinajstić information content (AvgIpc) is 2.08. The minimum Gasteiger partial charge on any atom is -0.291 e. The summed E-state index contributed by atoms with van der Waals surface area (Å²) in [6, 6.07) is 0. The van der Waals surface area contributed by atoms with Gasteiger partial charge in [-0.3, -0.25) is 9.87 Å². The van der Waals surface area contributed by atoms with Crippen molar-refractivity contribution >= 4 is 10.4 Å². The van der Waals surface area contributed by atoms with Gasteiger partial charge in [-0.1, -0.05) is 26.7 Å². The van der Waals surface area contributed by atoms with Crippen LogP contribution in [-0.2, 0) is 14.6 Å². The highest BCUT2D eigenvalue weighted by atomic mass is 32.3. The molecule has 0 saturated heterocycles. The topological polar surface area (TPSA) is 75.6 Å². The second-order valence-electron chi connectivity index (χ2n) is 3.08. The lowest BCUT2D eigenvalue weighted by atomic mass is 10.2. The van der Waals surface area contributed by atoms with Crippen molar-refractivity contribution in [3.63, 3.8) is 0 Å². The molecular weight excluding hydrogens is 206 g/mol. The van der Waals surface area contributed by atoms with Gasteiger partial charge in [-0.2, -0.15) is 8.42 Å². The van der Waals surface area contributed by atoms with Gasteiger partial charge in [0.2, 0.25) is 0 Å². The lowest BCUT2D eigenvalue weighted by Gasteiger charge is -2.14. The van der Waals surface area contributed by atoms with E-state index >= 15 is 0 Å². The van der Waals surface area contributed by atoms with Crippen molar-refractivity contribution < 1.29 is 17.2 Å². The van der Waals surface area contributed by atoms with E-state index in [0.29, 0.717) is 13.0 Å². The normalized spacial score (nSPS) is 14.2. The fraction of sp³-hybridized carbons (Fsp3) is 1.00. The fourth-order valence-electron chi connectivity index (χ4n) is 1.03. The molecule has 0 heterocycles. The molecule has 0 aliphatic carbocycles. The first-order valence-electron chi connectivity index (χ1n) is 4.88. The molecule has 0 spiro atoms. The third-order valence-corrected chi connectivity index (χ3v) is 2.24. The summed E-state index contributed by atoms with van der Waals surface area (Å²) in [5.74, 6) is 0. The third-order valence-electron chi connectivity index (χ3n) is 1.76. The van der Waals surface area contributed by atoms with E-state index < -0.39 is 16.6 Å². The Kier molecular flexibility index (Phi) is 7.08. The number of hydrogen-bond acceptors (Lipinski definition) is 4. The van der Waals surface area contributed by atoms with E-state index in [4.69, 9.17) is 4.55 Å². The maximum atomic E-state index is 10.4. The molecule has 0 aromatic carbocycles. The van der Waals surface area contributed by atoms with Crippen molar-refractivity contribution in [3.8, 4) is 0 Å². The fourth-order valence-corrected chi connectivity index (χ4v) is 1.53. The molecule has 0 amide bonds. The second-order valence-corrected chi connectivity index (χ2v) is 4.13. The molecule has 0 aromatic rings. The van der Waals surface area contributed by atoms with Crippen molar-refractivity contribution in [1.29, 1.82) is 0 Å². The SMILES string of the molecule is CCCCCNC(CC)OS(=O)(=O)O. The van der Waals surface area contributed by atoms with Crippen LogP contribution in [-0.4, -0.2) is 25.7 Å². The molecular formula is C8H19NO4S. The minimum atomic E-state index is -4.34. The molecule has 1 unspecified atom stereocenters. The van der Waals surface area contributed by atoms with Gasteiger partial charge >= 0.3 is 10.4 Å². The highest BCUT2D eigenvalue weighted by molar-refractivity contribution is 7.80. The molecule has 0 fully saturated rings. The first-order valence-corrected chi connectivity index (χ1v) is 6.25. The first kappa shape index (κ1) is 13.8. The molecule has 0 aliphatic heterocycles. The maximum absolute atomic E-state index is 10.4. The van der Waals surface area contributed by atoms with Crippen LogP contribution >= 0.6 is 0 Å². The number of nitrogens with one attached hydrogen (secondary N) is 1. The minimum absolute atomic E-state index is 0.492. The van der Waals surface area contributed by atoms with Crippen LogP contribution in [0.3, 0.4) is 0 Å². The molecule has 0 radical (unpaired) electrons. The first-order chi connectivity index (χ1) is 6.49. The molecule has 6 heteroatoms. The Balaban J connectivity index is 3.69. The summed E-state index contributed by atoms with van der Waals surface area (Å²) in [6.45, 7) is 4.57. The molecule has 0 aliphatic rings. The van der Waals surface area contributed by atoms with E-state index in [1.54, 1.807) is 6.92 Å². The van der Waals surface area contributed by atoms with Gasteiger partial charge in [0.15, 0.2) is 0 Å². The predicted octanol–water partition coefficient (Wildman–Crippen LogP) is 1.32. The van der Waals surface area contributed by atoms with Crippen LogP contribution in [0.4, 0.5) is 0 Å². The van der Waals surface area contributed by atoms with Gasteiger partial charge in [0.25, 0.3) is 0 Å². The molecule has 0 aromatic heterocycles. The molecule has 0 rings (SSSR count). The standard InChI is InChI=1S/C8H19NO4S/c1-3-5-6-7-9-8(4-2)13-14(10,11)12/h8-9H,3-7H2,1-2H3,(H,10,11,12). The largest absolute Gasteiger partial charge is 0.398 e. The zero-order valence-corrected chi connectivity index (χ0v) is 9.51. The Morgan fingerprint density at radius 3 is 2.43 bits per heavy atom. The Labute approximate surface area is 85.8 Å². The summed E-state index contributed by atoms with van der Waals surface area (Å²) in [7, 11) is -4.34. The van der Waals surface area contributed by atoms with Gasteiger partial charge in [0.05, 0.1) is 0 Å². The molecule has 0 bridgehead atoms. The smallest absolute Gasteiger partial charge is 0.291 e. The lowest BCUT2D eigenvalue weighted by molar-refractivity contribution is 0.145. The zero-order chi connectivity index (χ0) is 11.0. The second kappa shape index (κ2) is 7.17. The Morgan fingerprint density at radius 2 is 2.00 bits per heavy atom. The molecule has 0 saturated carbocycles. The van der Waals surface area contributed by atoms with Crippen LogP contribution in [0.1, 0.15) is 39.5 Å².